The number of halogens is 1. The number of ether oxygens (including phenoxy) is 3. The lowest BCUT2D eigenvalue weighted by molar-refractivity contribution is 0.0852. The van der Waals surface area contributed by atoms with Gasteiger partial charge in [-0.15, -0.1) is 0 Å². The quantitative estimate of drug-likeness (QED) is 0.672. The van der Waals surface area contributed by atoms with Crippen molar-refractivity contribution in [2.45, 2.75) is 12.8 Å². The number of Topliss-reactive ketones (excluding diaryl/α,β-unsaturated/α-hetero) is 1. The zero-order valence-electron chi connectivity index (χ0n) is 18.3. The van der Waals surface area contributed by atoms with Crippen molar-refractivity contribution in [1.29, 1.82) is 0 Å². The molecule has 2 aromatic carbocycles. The molecule has 6 nitrogen and oxygen atoms in total. The smallest absolute Gasteiger partial charge is 0.203 e. The van der Waals surface area contributed by atoms with Gasteiger partial charge >= 0.3 is 0 Å². The van der Waals surface area contributed by atoms with E-state index in [0.717, 1.165) is 61.8 Å². The first kappa shape index (κ1) is 21.8. The summed E-state index contributed by atoms with van der Waals surface area (Å²) in [6, 6.07) is 9.77. The number of carbonyl (C=O) groups is 1. The van der Waals surface area contributed by atoms with Crippen LogP contribution in [-0.4, -0.2) is 64.7 Å². The Labute approximate surface area is 188 Å². The Morgan fingerprint density at radius 3 is 2.35 bits per heavy atom. The summed E-state index contributed by atoms with van der Waals surface area (Å²) in [4.78, 5) is 18.1. The first-order chi connectivity index (χ1) is 15.1. The first-order valence-electron chi connectivity index (χ1n) is 10.6. The molecule has 2 aliphatic rings. The fourth-order valence-electron chi connectivity index (χ4n) is 4.72. The van der Waals surface area contributed by atoms with Gasteiger partial charge in [-0.25, -0.2) is 0 Å². The highest BCUT2D eigenvalue weighted by molar-refractivity contribution is 6.33. The fraction of sp³-hybridized carbons (Fsp3) is 0.458. The Bertz CT molecular complexity index is 957. The third kappa shape index (κ3) is 4.19. The second kappa shape index (κ2) is 9.37. The zero-order chi connectivity index (χ0) is 22.0. The number of ketones is 1. The number of rotatable bonds is 6. The van der Waals surface area contributed by atoms with Crippen LogP contribution in [-0.2, 0) is 6.42 Å². The molecule has 0 N–H and O–H groups in total. The number of para-hydroxylation sites is 1. The van der Waals surface area contributed by atoms with E-state index in [1.807, 2.05) is 18.2 Å². The maximum absolute atomic E-state index is 13.4. The van der Waals surface area contributed by atoms with Gasteiger partial charge in [-0.1, -0.05) is 23.7 Å². The number of hydrogen-bond donors (Lipinski definition) is 0. The average molecular weight is 445 g/mol. The number of fused-ring (bicyclic) bond motifs is 1. The van der Waals surface area contributed by atoms with Gasteiger partial charge in [0, 0.05) is 49.8 Å². The van der Waals surface area contributed by atoms with Gasteiger partial charge in [0.2, 0.25) is 5.75 Å². The van der Waals surface area contributed by atoms with Crippen LogP contribution in [0.15, 0.2) is 30.3 Å². The summed E-state index contributed by atoms with van der Waals surface area (Å²) in [7, 11) is 4.77. The van der Waals surface area contributed by atoms with E-state index in [1.165, 1.54) is 0 Å². The van der Waals surface area contributed by atoms with E-state index in [2.05, 4.69) is 15.9 Å². The minimum absolute atomic E-state index is 0.0258. The van der Waals surface area contributed by atoms with Crippen LogP contribution < -0.4 is 19.1 Å². The molecular formula is C24H29ClN2O4. The van der Waals surface area contributed by atoms with Crippen molar-refractivity contribution < 1.29 is 19.0 Å². The minimum atomic E-state index is -0.0258. The van der Waals surface area contributed by atoms with Crippen LogP contribution in [0.25, 0.3) is 0 Å². The molecule has 1 unspecified atom stereocenters. The van der Waals surface area contributed by atoms with E-state index in [9.17, 15) is 4.79 Å². The molecule has 0 aromatic heterocycles. The molecule has 1 fully saturated rings. The molecule has 2 aromatic rings. The van der Waals surface area contributed by atoms with Gasteiger partial charge in [-0.05, 0) is 31.0 Å². The largest absolute Gasteiger partial charge is 0.493 e. The topological polar surface area (TPSA) is 51.2 Å². The number of hydrogen-bond acceptors (Lipinski definition) is 6. The summed E-state index contributed by atoms with van der Waals surface area (Å²) in [5.41, 5.74) is 2.70. The predicted octanol–water partition coefficient (Wildman–Crippen LogP) is 3.93. The van der Waals surface area contributed by atoms with Crippen molar-refractivity contribution in [3.63, 3.8) is 0 Å². The summed E-state index contributed by atoms with van der Waals surface area (Å²) in [5, 5.41) is 0.785. The summed E-state index contributed by atoms with van der Waals surface area (Å²) in [6.45, 7) is 4.40. The molecule has 31 heavy (non-hydrogen) atoms. The van der Waals surface area contributed by atoms with Crippen molar-refractivity contribution in [3.8, 4) is 17.2 Å². The molecule has 1 saturated heterocycles. The van der Waals surface area contributed by atoms with Crippen LogP contribution in [0.4, 0.5) is 5.69 Å². The zero-order valence-corrected chi connectivity index (χ0v) is 19.1. The van der Waals surface area contributed by atoms with Crippen LogP contribution in [0.2, 0.25) is 5.02 Å². The maximum Gasteiger partial charge on any atom is 0.203 e. The van der Waals surface area contributed by atoms with Crippen LogP contribution in [0, 0.1) is 5.92 Å². The van der Waals surface area contributed by atoms with Crippen molar-refractivity contribution in [2.24, 2.45) is 5.92 Å². The van der Waals surface area contributed by atoms with Crippen LogP contribution in [0.3, 0.4) is 0 Å². The van der Waals surface area contributed by atoms with Gasteiger partial charge in [0.05, 0.1) is 32.0 Å². The maximum atomic E-state index is 13.4. The molecule has 1 heterocycles. The van der Waals surface area contributed by atoms with Crippen molar-refractivity contribution in [1.82, 2.24) is 4.90 Å². The highest BCUT2D eigenvalue weighted by Gasteiger charge is 2.34. The Balaban J connectivity index is 1.45. The van der Waals surface area contributed by atoms with E-state index in [0.29, 0.717) is 22.8 Å². The number of methoxy groups -OCH3 is 3. The van der Waals surface area contributed by atoms with Crippen LogP contribution in [0.5, 0.6) is 17.2 Å². The Morgan fingerprint density at radius 1 is 1.00 bits per heavy atom. The number of benzene rings is 2. The number of piperazine rings is 1. The lowest BCUT2D eigenvalue weighted by Gasteiger charge is -2.38. The van der Waals surface area contributed by atoms with E-state index in [1.54, 1.807) is 27.4 Å². The highest BCUT2D eigenvalue weighted by atomic mass is 35.5. The van der Waals surface area contributed by atoms with Gasteiger partial charge in [-0.3, -0.25) is 9.69 Å². The molecule has 0 amide bonds. The van der Waals surface area contributed by atoms with E-state index < -0.39 is 0 Å². The van der Waals surface area contributed by atoms with Gasteiger partial charge in [0.15, 0.2) is 17.3 Å². The molecular weight excluding hydrogens is 416 g/mol. The second-order valence-electron chi connectivity index (χ2n) is 8.01. The number of nitrogens with zero attached hydrogens (tertiary/aromatic N) is 2. The van der Waals surface area contributed by atoms with E-state index >= 15 is 0 Å². The molecule has 0 radical (unpaired) electrons. The molecule has 1 atom stereocenters. The molecule has 7 heteroatoms. The number of carbonyl (C=O) groups excluding carboxylic acids is 1. The normalized spacial score (nSPS) is 19.2. The minimum Gasteiger partial charge on any atom is -0.493 e. The second-order valence-corrected chi connectivity index (χ2v) is 8.42. The molecule has 0 bridgehead atoms. The van der Waals surface area contributed by atoms with Crippen molar-refractivity contribution >= 4 is 23.1 Å². The highest BCUT2D eigenvalue weighted by Crippen LogP contribution is 2.45. The van der Waals surface area contributed by atoms with Gasteiger partial charge in [0.25, 0.3) is 0 Å². The van der Waals surface area contributed by atoms with Gasteiger partial charge in [0.1, 0.15) is 0 Å². The summed E-state index contributed by atoms with van der Waals surface area (Å²) >= 11 is 6.36. The molecule has 166 valence electrons. The molecule has 1 aliphatic carbocycles. The van der Waals surface area contributed by atoms with Crippen molar-refractivity contribution in [2.75, 3.05) is 59.0 Å². The SMILES string of the molecule is COc1cc2c(c(OC)c1OC)CCC(CN1CCN(c3ccccc3Cl)CC1)C2=O. The average Bonchev–Trinajstić information content (AvgIpc) is 2.80. The summed E-state index contributed by atoms with van der Waals surface area (Å²) < 4.78 is 16.5. The summed E-state index contributed by atoms with van der Waals surface area (Å²) in [5.74, 6) is 1.82. The fourth-order valence-corrected chi connectivity index (χ4v) is 4.97. The third-order valence-corrected chi connectivity index (χ3v) is 6.68. The van der Waals surface area contributed by atoms with E-state index in [-0.39, 0.29) is 11.7 Å². The number of anilines is 1. The van der Waals surface area contributed by atoms with Crippen LogP contribution >= 0.6 is 11.6 Å². The molecule has 1 aliphatic heterocycles. The molecule has 0 spiro atoms. The molecule has 0 saturated carbocycles. The van der Waals surface area contributed by atoms with Gasteiger partial charge in [-0.2, -0.15) is 0 Å². The standard InChI is InChI=1S/C24H29ClN2O4/c1-29-21-14-18-17(23(30-2)24(21)31-3)9-8-16(22(18)28)15-26-10-12-27(13-11-26)20-7-5-4-6-19(20)25/h4-7,14,16H,8-13,15H2,1-3H3. The first-order valence-corrected chi connectivity index (χ1v) is 11.0. The van der Waals surface area contributed by atoms with Crippen LogP contribution in [0.1, 0.15) is 22.3 Å². The molecule has 4 rings (SSSR count). The summed E-state index contributed by atoms with van der Waals surface area (Å²) in [6.07, 6.45) is 1.59. The monoisotopic (exact) mass is 444 g/mol. The lowest BCUT2D eigenvalue weighted by Crippen LogP contribution is -2.49. The third-order valence-electron chi connectivity index (χ3n) is 6.36. The van der Waals surface area contributed by atoms with Crippen molar-refractivity contribution in [3.05, 3.63) is 46.5 Å². The van der Waals surface area contributed by atoms with Gasteiger partial charge < -0.3 is 19.1 Å². The lowest BCUT2D eigenvalue weighted by atomic mass is 9.81. The predicted molar refractivity (Wildman–Crippen MR) is 122 cm³/mol. The van der Waals surface area contributed by atoms with E-state index in [4.69, 9.17) is 25.8 Å². The Hall–Kier alpha value is -2.44. The Morgan fingerprint density at radius 2 is 1.71 bits per heavy atom. The Kier molecular flexibility index (Phi) is 6.58.